The number of carbonyl (C=O) groups is 1. The maximum atomic E-state index is 12.4. The van der Waals surface area contributed by atoms with E-state index in [2.05, 4.69) is 0 Å². The van der Waals surface area contributed by atoms with Crippen molar-refractivity contribution in [3.05, 3.63) is 29.8 Å². The fourth-order valence-corrected chi connectivity index (χ4v) is 3.73. The molecule has 1 saturated heterocycles. The lowest BCUT2D eigenvalue weighted by Gasteiger charge is -2.18. The molecule has 3 atom stereocenters. The zero-order chi connectivity index (χ0) is 13.4. The van der Waals surface area contributed by atoms with Crippen LogP contribution in [0.2, 0.25) is 0 Å². The van der Waals surface area contributed by atoms with Gasteiger partial charge in [-0.25, -0.2) is 0 Å². The number of amides is 1. The fourth-order valence-electron chi connectivity index (χ4n) is 3.32. The molecule has 4 heteroatoms. The first kappa shape index (κ1) is 13.0. The number of nitrogens with zero attached hydrogens (tertiary/aromatic N) is 1. The predicted molar refractivity (Wildman–Crippen MR) is 76.3 cm³/mol. The first-order valence-corrected chi connectivity index (χ1v) is 8.03. The molecule has 1 aliphatic carbocycles. The summed E-state index contributed by atoms with van der Waals surface area (Å²) in [4.78, 5) is 15.5. The van der Waals surface area contributed by atoms with Crippen LogP contribution in [-0.2, 0) is 0 Å². The van der Waals surface area contributed by atoms with E-state index in [9.17, 15) is 9.90 Å². The molecule has 0 radical (unpaired) electrons. The first-order valence-electron chi connectivity index (χ1n) is 6.80. The van der Waals surface area contributed by atoms with Gasteiger partial charge in [0.05, 0.1) is 6.10 Å². The minimum atomic E-state index is -0.207. The SMILES string of the molecule is CSc1ccc(C(=O)N2CC3CCC(O)C3C2)cc1. The van der Waals surface area contributed by atoms with E-state index in [0.29, 0.717) is 11.8 Å². The third-order valence-corrected chi connectivity index (χ3v) is 5.19. The van der Waals surface area contributed by atoms with Gasteiger partial charge in [-0.2, -0.15) is 0 Å². The highest BCUT2D eigenvalue weighted by atomic mass is 32.2. The first-order chi connectivity index (χ1) is 9.19. The fraction of sp³-hybridized carbons (Fsp3) is 0.533. The number of carbonyl (C=O) groups excluding carboxylic acids is 1. The zero-order valence-corrected chi connectivity index (χ0v) is 11.9. The summed E-state index contributed by atoms with van der Waals surface area (Å²) in [5.41, 5.74) is 0.757. The number of likely N-dealkylation sites (tertiary alicyclic amines) is 1. The van der Waals surface area contributed by atoms with Crippen molar-refractivity contribution in [1.29, 1.82) is 0 Å². The zero-order valence-electron chi connectivity index (χ0n) is 11.1. The van der Waals surface area contributed by atoms with E-state index in [-0.39, 0.29) is 12.0 Å². The van der Waals surface area contributed by atoms with Crippen molar-refractivity contribution in [2.75, 3.05) is 19.3 Å². The number of hydrogen-bond acceptors (Lipinski definition) is 3. The number of thioether (sulfide) groups is 1. The van der Waals surface area contributed by atoms with Crippen molar-refractivity contribution in [3.63, 3.8) is 0 Å². The van der Waals surface area contributed by atoms with Gasteiger partial charge in [0.15, 0.2) is 0 Å². The number of fused-ring (bicyclic) bond motifs is 1. The van der Waals surface area contributed by atoms with Gasteiger partial charge in [0.2, 0.25) is 0 Å². The summed E-state index contributed by atoms with van der Waals surface area (Å²) < 4.78 is 0. The number of benzene rings is 1. The van der Waals surface area contributed by atoms with Crippen LogP contribution in [0.15, 0.2) is 29.2 Å². The van der Waals surface area contributed by atoms with Crippen molar-refractivity contribution < 1.29 is 9.90 Å². The lowest BCUT2D eigenvalue weighted by molar-refractivity contribution is 0.0752. The molecular formula is C15H19NO2S. The van der Waals surface area contributed by atoms with Crippen LogP contribution < -0.4 is 0 Å². The molecule has 0 spiro atoms. The van der Waals surface area contributed by atoms with Gasteiger partial charge in [-0.05, 0) is 49.3 Å². The van der Waals surface area contributed by atoms with Crippen LogP contribution in [0.25, 0.3) is 0 Å². The molecule has 2 aliphatic rings. The molecular weight excluding hydrogens is 258 g/mol. The van der Waals surface area contributed by atoms with Crippen LogP contribution in [0, 0.1) is 11.8 Å². The van der Waals surface area contributed by atoms with Crippen molar-refractivity contribution in [2.24, 2.45) is 11.8 Å². The van der Waals surface area contributed by atoms with E-state index in [1.54, 1.807) is 11.8 Å². The molecule has 2 fully saturated rings. The summed E-state index contributed by atoms with van der Waals surface area (Å²) in [5.74, 6) is 0.910. The van der Waals surface area contributed by atoms with E-state index < -0.39 is 0 Å². The Morgan fingerprint density at radius 2 is 2.00 bits per heavy atom. The normalized spacial score (nSPS) is 29.6. The van der Waals surface area contributed by atoms with Crippen LogP contribution in [0.3, 0.4) is 0 Å². The second-order valence-corrected chi connectivity index (χ2v) is 6.39. The maximum Gasteiger partial charge on any atom is 0.253 e. The maximum absolute atomic E-state index is 12.4. The van der Waals surface area contributed by atoms with E-state index in [4.69, 9.17) is 0 Å². The second kappa shape index (κ2) is 5.17. The standard InChI is InChI=1S/C15H19NO2S/c1-19-12-5-2-10(3-6-12)15(18)16-8-11-4-7-14(17)13(11)9-16/h2-3,5-6,11,13-14,17H,4,7-9H2,1H3. The largest absolute Gasteiger partial charge is 0.393 e. The summed E-state index contributed by atoms with van der Waals surface area (Å²) in [7, 11) is 0. The number of hydrogen-bond donors (Lipinski definition) is 1. The third-order valence-electron chi connectivity index (χ3n) is 4.44. The Kier molecular flexibility index (Phi) is 3.54. The lowest BCUT2D eigenvalue weighted by atomic mass is 10.00. The molecule has 1 aromatic carbocycles. The predicted octanol–water partition coefficient (Wildman–Crippen LogP) is 2.25. The van der Waals surface area contributed by atoms with Gasteiger partial charge in [-0.15, -0.1) is 11.8 Å². The van der Waals surface area contributed by atoms with E-state index >= 15 is 0 Å². The molecule has 1 saturated carbocycles. The van der Waals surface area contributed by atoms with Crippen LogP contribution in [0.5, 0.6) is 0 Å². The summed E-state index contributed by atoms with van der Waals surface area (Å²) in [6, 6.07) is 7.78. The highest BCUT2D eigenvalue weighted by Gasteiger charge is 2.43. The van der Waals surface area contributed by atoms with Gasteiger partial charge in [0, 0.05) is 29.5 Å². The number of aliphatic hydroxyl groups is 1. The summed E-state index contributed by atoms with van der Waals surface area (Å²) >= 11 is 1.68. The van der Waals surface area contributed by atoms with Crippen LogP contribution in [0.1, 0.15) is 23.2 Å². The smallest absolute Gasteiger partial charge is 0.253 e. The van der Waals surface area contributed by atoms with E-state index in [1.165, 1.54) is 4.90 Å². The highest BCUT2D eigenvalue weighted by Crippen LogP contribution is 2.38. The van der Waals surface area contributed by atoms with Gasteiger partial charge >= 0.3 is 0 Å². The summed E-state index contributed by atoms with van der Waals surface area (Å²) in [6.45, 7) is 1.53. The van der Waals surface area contributed by atoms with E-state index in [0.717, 1.165) is 31.5 Å². The molecule has 3 rings (SSSR count). The Bertz CT molecular complexity index is 474. The van der Waals surface area contributed by atoms with Crippen LogP contribution >= 0.6 is 11.8 Å². The minimum absolute atomic E-state index is 0.106. The number of aliphatic hydroxyl groups excluding tert-OH is 1. The second-order valence-electron chi connectivity index (χ2n) is 5.51. The minimum Gasteiger partial charge on any atom is -0.393 e. The van der Waals surface area contributed by atoms with Crippen LogP contribution in [0.4, 0.5) is 0 Å². The molecule has 1 N–H and O–H groups in total. The van der Waals surface area contributed by atoms with Crippen molar-refractivity contribution in [3.8, 4) is 0 Å². The average molecular weight is 277 g/mol. The van der Waals surface area contributed by atoms with Gasteiger partial charge in [-0.3, -0.25) is 4.79 Å². The van der Waals surface area contributed by atoms with Crippen LogP contribution in [-0.4, -0.2) is 41.4 Å². The summed E-state index contributed by atoms with van der Waals surface area (Å²) in [5, 5.41) is 9.90. The van der Waals surface area contributed by atoms with Crippen molar-refractivity contribution in [1.82, 2.24) is 4.90 Å². The van der Waals surface area contributed by atoms with Gasteiger partial charge in [0.25, 0.3) is 5.91 Å². The Labute approximate surface area is 118 Å². The van der Waals surface area contributed by atoms with Gasteiger partial charge < -0.3 is 10.0 Å². The Morgan fingerprint density at radius 1 is 1.26 bits per heavy atom. The molecule has 1 aromatic rings. The molecule has 1 amide bonds. The molecule has 1 aliphatic heterocycles. The van der Waals surface area contributed by atoms with Gasteiger partial charge in [-0.1, -0.05) is 0 Å². The lowest BCUT2D eigenvalue weighted by Crippen LogP contribution is -2.31. The molecule has 19 heavy (non-hydrogen) atoms. The average Bonchev–Trinajstić information content (AvgIpc) is 3.01. The molecule has 3 unspecified atom stereocenters. The highest BCUT2D eigenvalue weighted by molar-refractivity contribution is 7.98. The Hall–Kier alpha value is -1.00. The summed E-state index contributed by atoms with van der Waals surface area (Å²) in [6.07, 6.45) is 3.78. The van der Waals surface area contributed by atoms with Crippen molar-refractivity contribution in [2.45, 2.75) is 23.8 Å². The third kappa shape index (κ3) is 2.39. The molecule has 0 bridgehead atoms. The number of rotatable bonds is 2. The molecule has 102 valence electrons. The Morgan fingerprint density at radius 3 is 2.63 bits per heavy atom. The molecule has 3 nitrogen and oxygen atoms in total. The molecule has 0 aromatic heterocycles. The Balaban J connectivity index is 1.71. The quantitative estimate of drug-likeness (QED) is 0.843. The van der Waals surface area contributed by atoms with Gasteiger partial charge in [0.1, 0.15) is 0 Å². The monoisotopic (exact) mass is 277 g/mol. The van der Waals surface area contributed by atoms with Crippen molar-refractivity contribution >= 4 is 17.7 Å². The topological polar surface area (TPSA) is 40.5 Å². The molecule has 1 heterocycles. The van der Waals surface area contributed by atoms with E-state index in [1.807, 2.05) is 35.4 Å².